The van der Waals surface area contributed by atoms with Crippen LogP contribution in [-0.2, 0) is 27.4 Å². The molecule has 2 aliphatic carbocycles. The zero-order chi connectivity index (χ0) is 33.1. The summed E-state index contributed by atoms with van der Waals surface area (Å²) in [5, 5.41) is 8.91. The first-order chi connectivity index (χ1) is 22.5. The fourth-order valence-corrected chi connectivity index (χ4v) is 9.56. The van der Waals surface area contributed by atoms with Crippen molar-refractivity contribution in [3.8, 4) is 0 Å². The van der Waals surface area contributed by atoms with Crippen LogP contribution < -0.4 is 5.32 Å². The second-order valence-corrected chi connectivity index (χ2v) is 15.5. The molecule has 252 valence electrons. The second-order valence-electron chi connectivity index (χ2n) is 15.1. The Balaban J connectivity index is 1.13. The molecular weight excluding hydrogens is 620 g/mol. The van der Waals surface area contributed by atoms with E-state index in [2.05, 4.69) is 48.3 Å². The van der Waals surface area contributed by atoms with Crippen LogP contribution in [-0.4, -0.2) is 64.0 Å². The monoisotopic (exact) mass is 665 g/mol. The number of ether oxygens (including phenoxy) is 1. The molecule has 4 atom stereocenters. The number of carbonyl (C=O) groups is 1. The fraction of sp³-hybridized carbons (Fsp3) is 0.595. The van der Waals surface area contributed by atoms with Crippen LogP contribution in [0.5, 0.6) is 0 Å². The largest absolute Gasteiger partial charge is 0.381 e. The number of amides is 1. The SMILES string of the molecule is Cc1cc2c(cc1Cl)C1(CCN(C(=O)[C@@H]3C[C@H](NC4CCOCC4)C[C@H]3c3ccc(F)cc3F)CC1)C[C@@H]2C(C)(C)c1ncnn1C. The van der Waals surface area contributed by atoms with E-state index in [4.69, 9.17) is 16.3 Å². The Kier molecular flexibility index (Phi) is 8.71. The summed E-state index contributed by atoms with van der Waals surface area (Å²) in [6.45, 7) is 9.29. The Morgan fingerprint density at radius 3 is 2.49 bits per heavy atom. The van der Waals surface area contributed by atoms with Crippen molar-refractivity contribution in [1.29, 1.82) is 0 Å². The molecule has 2 aromatic carbocycles. The number of benzene rings is 2. The lowest BCUT2D eigenvalue weighted by atomic mass is 9.69. The Morgan fingerprint density at radius 2 is 1.81 bits per heavy atom. The number of hydrogen-bond donors (Lipinski definition) is 1. The second kappa shape index (κ2) is 12.5. The first-order valence-corrected chi connectivity index (χ1v) is 17.6. The van der Waals surface area contributed by atoms with E-state index in [1.807, 2.05) is 16.6 Å². The lowest BCUT2D eigenvalue weighted by Crippen LogP contribution is -2.47. The standard InChI is InChI=1S/C37H46ClF2N5O2/c1-22-15-29-30(19-32(22)38)37(20-31(29)36(2,3)35-41-21-42-44(35)4)9-11-45(12-10-37)34(46)28-18-25(43-24-7-13-47-14-8-24)17-27(28)26-6-5-23(39)16-33(26)40/h5-6,15-16,19,21,24-25,27-28,31,43H,7-14,17-18,20H2,1-4H3/t25-,27+,28-,31+/m1/s1. The summed E-state index contributed by atoms with van der Waals surface area (Å²) in [6, 6.07) is 8.65. The number of fused-ring (bicyclic) bond motifs is 2. The summed E-state index contributed by atoms with van der Waals surface area (Å²) in [6.07, 6.45) is 7.40. The van der Waals surface area contributed by atoms with Crippen molar-refractivity contribution in [2.75, 3.05) is 26.3 Å². The van der Waals surface area contributed by atoms with Gasteiger partial charge in [-0.15, -0.1) is 0 Å². The number of hydrogen-bond acceptors (Lipinski definition) is 5. The quantitative estimate of drug-likeness (QED) is 0.317. The van der Waals surface area contributed by atoms with Crippen molar-refractivity contribution in [1.82, 2.24) is 25.0 Å². The minimum Gasteiger partial charge on any atom is -0.381 e. The highest BCUT2D eigenvalue weighted by atomic mass is 35.5. The number of halogens is 3. The van der Waals surface area contributed by atoms with E-state index in [9.17, 15) is 9.18 Å². The van der Waals surface area contributed by atoms with E-state index >= 15 is 4.39 Å². The molecule has 0 radical (unpaired) electrons. The highest BCUT2D eigenvalue weighted by Gasteiger charge is 2.52. The molecule has 1 amide bonds. The topological polar surface area (TPSA) is 72.3 Å². The van der Waals surface area contributed by atoms with Crippen LogP contribution in [0.15, 0.2) is 36.7 Å². The highest BCUT2D eigenvalue weighted by molar-refractivity contribution is 6.31. The van der Waals surface area contributed by atoms with E-state index in [0.717, 1.165) is 67.8 Å². The van der Waals surface area contributed by atoms with E-state index in [1.54, 1.807) is 6.33 Å². The van der Waals surface area contributed by atoms with Gasteiger partial charge in [-0.1, -0.05) is 37.6 Å². The lowest BCUT2D eigenvalue weighted by Gasteiger charge is -2.42. The zero-order valence-corrected chi connectivity index (χ0v) is 28.6. The molecule has 1 saturated carbocycles. The average Bonchev–Trinajstić information content (AvgIpc) is 3.75. The first kappa shape index (κ1) is 32.7. The Labute approximate surface area is 281 Å². The van der Waals surface area contributed by atoms with E-state index in [0.29, 0.717) is 37.5 Å². The lowest BCUT2D eigenvalue weighted by molar-refractivity contribution is -0.137. The van der Waals surface area contributed by atoms with Gasteiger partial charge in [-0.25, -0.2) is 13.8 Å². The molecule has 0 unspecified atom stereocenters. The molecule has 3 fully saturated rings. The molecule has 4 aliphatic rings. The molecule has 1 aromatic heterocycles. The van der Waals surface area contributed by atoms with Gasteiger partial charge in [-0.05, 0) is 104 Å². The summed E-state index contributed by atoms with van der Waals surface area (Å²) in [5.41, 5.74) is 3.77. The number of carbonyl (C=O) groups excluding carboxylic acids is 1. The third-order valence-corrected chi connectivity index (χ3v) is 12.4. The minimum absolute atomic E-state index is 0.0842. The maximum Gasteiger partial charge on any atom is 0.226 e. The first-order valence-electron chi connectivity index (χ1n) is 17.2. The van der Waals surface area contributed by atoms with Crippen molar-refractivity contribution in [3.63, 3.8) is 0 Å². The van der Waals surface area contributed by atoms with Crippen molar-refractivity contribution >= 4 is 17.5 Å². The summed E-state index contributed by atoms with van der Waals surface area (Å²) in [5.74, 6) is -0.576. The molecule has 7 nitrogen and oxygen atoms in total. The molecule has 1 spiro atoms. The minimum atomic E-state index is -0.599. The molecule has 0 bridgehead atoms. The highest BCUT2D eigenvalue weighted by Crippen LogP contribution is 2.58. The van der Waals surface area contributed by atoms with Crippen LogP contribution in [0.1, 0.15) is 98.7 Å². The van der Waals surface area contributed by atoms with Gasteiger partial charge in [-0.3, -0.25) is 9.48 Å². The van der Waals surface area contributed by atoms with Crippen LogP contribution in [0.2, 0.25) is 5.02 Å². The third kappa shape index (κ3) is 5.90. The molecule has 47 heavy (non-hydrogen) atoms. The molecule has 1 N–H and O–H groups in total. The van der Waals surface area contributed by atoms with Crippen LogP contribution in [0.4, 0.5) is 8.78 Å². The van der Waals surface area contributed by atoms with Crippen molar-refractivity contribution in [3.05, 3.63) is 81.4 Å². The molecule has 10 heteroatoms. The predicted octanol–water partition coefficient (Wildman–Crippen LogP) is 6.71. The average molecular weight is 666 g/mol. The molecule has 3 aromatic rings. The summed E-state index contributed by atoms with van der Waals surface area (Å²) in [4.78, 5) is 21.1. The number of nitrogens with one attached hydrogen (secondary N) is 1. The Bertz CT molecular complexity index is 1650. The maximum absolute atomic E-state index is 15.2. The number of piperidine rings is 1. The van der Waals surface area contributed by atoms with Crippen molar-refractivity contribution in [2.24, 2.45) is 13.0 Å². The summed E-state index contributed by atoms with van der Waals surface area (Å²) < 4.78 is 36.5. The maximum atomic E-state index is 15.2. The van der Waals surface area contributed by atoms with Crippen molar-refractivity contribution in [2.45, 2.75) is 100 Å². The molecule has 3 heterocycles. The van der Waals surface area contributed by atoms with Crippen LogP contribution in [0, 0.1) is 24.5 Å². The van der Waals surface area contributed by atoms with Gasteiger partial charge < -0.3 is 15.0 Å². The number of aromatic nitrogens is 3. The smallest absolute Gasteiger partial charge is 0.226 e. The van der Waals surface area contributed by atoms with Gasteiger partial charge in [-0.2, -0.15) is 5.10 Å². The zero-order valence-electron chi connectivity index (χ0n) is 27.9. The summed E-state index contributed by atoms with van der Waals surface area (Å²) in [7, 11) is 1.95. The van der Waals surface area contributed by atoms with Crippen molar-refractivity contribution < 1.29 is 18.3 Å². The van der Waals surface area contributed by atoms with Gasteiger partial charge >= 0.3 is 0 Å². The molecule has 2 saturated heterocycles. The van der Waals surface area contributed by atoms with E-state index < -0.39 is 11.6 Å². The Morgan fingerprint density at radius 1 is 1.06 bits per heavy atom. The summed E-state index contributed by atoms with van der Waals surface area (Å²) >= 11 is 6.77. The van der Waals surface area contributed by atoms with Crippen LogP contribution in [0.3, 0.4) is 0 Å². The van der Waals surface area contributed by atoms with E-state index in [-0.39, 0.29) is 40.5 Å². The van der Waals surface area contributed by atoms with Gasteiger partial charge in [0.2, 0.25) is 5.91 Å². The van der Waals surface area contributed by atoms with Gasteiger partial charge in [0, 0.05) is 67.9 Å². The van der Waals surface area contributed by atoms with Crippen LogP contribution >= 0.6 is 11.6 Å². The van der Waals surface area contributed by atoms with Gasteiger partial charge in [0.05, 0.1) is 0 Å². The Hall–Kier alpha value is -2.88. The molecule has 7 rings (SSSR count). The van der Waals surface area contributed by atoms with E-state index in [1.165, 1.54) is 23.3 Å². The van der Waals surface area contributed by atoms with Gasteiger partial charge in [0.15, 0.2) is 0 Å². The number of aryl methyl sites for hydroxylation is 2. The number of rotatable bonds is 6. The molecule has 2 aliphatic heterocycles. The van der Waals surface area contributed by atoms with Gasteiger partial charge in [0.25, 0.3) is 0 Å². The predicted molar refractivity (Wildman–Crippen MR) is 178 cm³/mol. The fourth-order valence-electron chi connectivity index (χ4n) is 9.39. The van der Waals surface area contributed by atoms with Crippen LogP contribution in [0.25, 0.3) is 0 Å². The number of nitrogens with zero attached hydrogens (tertiary/aromatic N) is 4. The normalized spacial score (nSPS) is 26.2. The third-order valence-electron chi connectivity index (χ3n) is 12.0. The molecular formula is C37H46ClF2N5O2. The van der Waals surface area contributed by atoms with Gasteiger partial charge in [0.1, 0.15) is 23.8 Å². The number of likely N-dealkylation sites (tertiary alicyclic amines) is 1.